The number of imidazole rings is 2. The first-order valence-electron chi connectivity index (χ1n) is 5.68. The number of hydrogen-bond acceptors (Lipinski definition) is 5. The highest BCUT2D eigenvalue weighted by Crippen LogP contribution is 2.11. The van der Waals surface area contributed by atoms with Crippen molar-refractivity contribution in [2.24, 2.45) is 0 Å². The molecule has 0 spiro atoms. The number of aromatic nitrogens is 4. The van der Waals surface area contributed by atoms with Crippen LogP contribution in [0.3, 0.4) is 0 Å². The highest BCUT2D eigenvalue weighted by atomic mass is 16.6. The lowest BCUT2D eigenvalue weighted by molar-refractivity contribution is 0.00527. The highest BCUT2D eigenvalue weighted by molar-refractivity contribution is 5.92. The molecule has 0 fully saturated rings. The Labute approximate surface area is 109 Å². The normalized spacial score (nSPS) is 11.3. The van der Waals surface area contributed by atoms with Gasteiger partial charge in [0, 0.05) is 24.8 Å². The molecule has 0 aliphatic carbocycles. The van der Waals surface area contributed by atoms with Gasteiger partial charge in [0.2, 0.25) is 5.82 Å². The smallest absolute Gasteiger partial charge is 0.375 e. The second kappa shape index (κ2) is 4.68. The lowest BCUT2D eigenvalue weighted by Crippen LogP contribution is -2.28. The first-order chi connectivity index (χ1) is 8.88. The molecule has 2 aromatic rings. The van der Waals surface area contributed by atoms with E-state index < -0.39 is 17.6 Å². The van der Waals surface area contributed by atoms with Crippen LogP contribution < -0.4 is 0 Å². The molecule has 0 atom stereocenters. The van der Waals surface area contributed by atoms with Gasteiger partial charge in [0.05, 0.1) is 0 Å². The largest absolute Gasteiger partial charge is 0.454 e. The molecule has 100 valence electrons. The van der Waals surface area contributed by atoms with Crippen molar-refractivity contribution in [3.8, 4) is 0 Å². The molecule has 0 aromatic carbocycles. The summed E-state index contributed by atoms with van der Waals surface area (Å²) in [4.78, 5) is 31.7. The Morgan fingerprint density at radius 1 is 1.21 bits per heavy atom. The Morgan fingerprint density at radius 2 is 1.95 bits per heavy atom. The minimum Gasteiger partial charge on any atom is -0.454 e. The fraction of sp³-hybridized carbons (Fsp3) is 0.333. The second-order valence-electron chi connectivity index (χ2n) is 4.88. The summed E-state index contributed by atoms with van der Waals surface area (Å²) in [6, 6.07) is -0.448. The summed E-state index contributed by atoms with van der Waals surface area (Å²) < 4.78 is 7.56. The lowest BCUT2D eigenvalue weighted by Gasteiger charge is -2.19. The first kappa shape index (κ1) is 13.0. The molecule has 0 saturated heterocycles. The maximum atomic E-state index is 12.1. The van der Waals surface area contributed by atoms with Crippen molar-refractivity contribution in [3.05, 3.63) is 36.9 Å². The van der Waals surface area contributed by atoms with Crippen LogP contribution in [0.2, 0.25) is 0 Å². The Morgan fingerprint density at radius 3 is 2.53 bits per heavy atom. The Balaban J connectivity index is 2.28. The fourth-order valence-electron chi connectivity index (χ4n) is 1.43. The average molecular weight is 262 g/mol. The van der Waals surface area contributed by atoms with Gasteiger partial charge in [-0.15, -0.1) is 0 Å². The molecule has 2 heterocycles. The van der Waals surface area contributed by atoms with Gasteiger partial charge in [0.1, 0.15) is 11.9 Å². The molecule has 0 radical (unpaired) electrons. The summed E-state index contributed by atoms with van der Waals surface area (Å²) >= 11 is 0. The lowest BCUT2D eigenvalue weighted by atomic mass is 10.2. The maximum absolute atomic E-state index is 12.1. The predicted molar refractivity (Wildman–Crippen MR) is 65.8 cm³/mol. The Hall–Kier alpha value is -2.44. The summed E-state index contributed by atoms with van der Waals surface area (Å²) in [5, 5.41) is 0. The van der Waals surface area contributed by atoms with Crippen molar-refractivity contribution in [2.45, 2.75) is 26.4 Å². The molecule has 0 N–H and O–H groups in total. The van der Waals surface area contributed by atoms with Gasteiger partial charge in [-0.2, -0.15) is 0 Å². The van der Waals surface area contributed by atoms with E-state index in [1.807, 2.05) is 0 Å². The van der Waals surface area contributed by atoms with Crippen LogP contribution in [0, 0.1) is 0 Å². The maximum Gasteiger partial charge on any atom is 0.375 e. The van der Waals surface area contributed by atoms with Gasteiger partial charge in [-0.25, -0.2) is 24.1 Å². The molecule has 0 aliphatic heterocycles. The van der Waals surface area contributed by atoms with E-state index in [-0.39, 0.29) is 5.82 Å². The monoisotopic (exact) mass is 262 g/mol. The van der Waals surface area contributed by atoms with Crippen molar-refractivity contribution in [2.75, 3.05) is 0 Å². The average Bonchev–Trinajstić information content (AvgIpc) is 2.97. The van der Waals surface area contributed by atoms with Gasteiger partial charge >= 0.3 is 12.0 Å². The number of hydrogen-bond donors (Lipinski definition) is 0. The molecular formula is C12H14N4O3. The summed E-state index contributed by atoms with van der Waals surface area (Å²) in [6.07, 6.45) is 7.08. The van der Waals surface area contributed by atoms with Gasteiger partial charge in [0.25, 0.3) is 0 Å². The summed E-state index contributed by atoms with van der Waals surface area (Å²) in [6.45, 7) is 5.24. The van der Waals surface area contributed by atoms with Crippen molar-refractivity contribution >= 4 is 12.0 Å². The van der Waals surface area contributed by atoms with E-state index >= 15 is 0 Å². The molecular weight excluding hydrogens is 248 g/mol. The van der Waals surface area contributed by atoms with Crippen molar-refractivity contribution < 1.29 is 14.3 Å². The number of carbonyl (C=O) groups excluding carboxylic acids is 2. The topological polar surface area (TPSA) is 79.0 Å². The van der Waals surface area contributed by atoms with E-state index in [2.05, 4.69) is 9.97 Å². The van der Waals surface area contributed by atoms with E-state index in [0.29, 0.717) is 0 Å². The van der Waals surface area contributed by atoms with Crippen molar-refractivity contribution in [1.29, 1.82) is 0 Å². The van der Waals surface area contributed by atoms with Gasteiger partial charge < -0.3 is 4.74 Å². The quantitative estimate of drug-likeness (QED) is 0.728. The van der Waals surface area contributed by atoms with Gasteiger partial charge in [-0.05, 0) is 20.8 Å². The van der Waals surface area contributed by atoms with Gasteiger partial charge in [-0.1, -0.05) is 0 Å². The molecule has 0 aliphatic rings. The van der Waals surface area contributed by atoms with Gasteiger partial charge in [-0.3, -0.25) is 4.57 Å². The van der Waals surface area contributed by atoms with Crippen LogP contribution in [0.25, 0.3) is 0 Å². The molecule has 0 saturated carbocycles. The van der Waals surface area contributed by atoms with E-state index in [0.717, 1.165) is 4.57 Å². The number of carbonyl (C=O) groups is 2. The minimum absolute atomic E-state index is 0.0615. The third kappa shape index (κ3) is 2.87. The molecule has 0 amide bonds. The van der Waals surface area contributed by atoms with Crippen LogP contribution in [0.5, 0.6) is 0 Å². The number of ether oxygens (including phenoxy) is 1. The van der Waals surface area contributed by atoms with E-state index in [1.165, 1.54) is 35.7 Å². The standard InChI is InChI=1S/C12H14N4O3/c1-12(2,3)19-10(17)9-14-5-7-16(9)11(18)15-6-4-13-8-15/h4-8H,1-3H3. The number of rotatable bonds is 1. The van der Waals surface area contributed by atoms with Crippen LogP contribution in [0.1, 0.15) is 31.4 Å². The summed E-state index contributed by atoms with van der Waals surface area (Å²) in [7, 11) is 0. The van der Waals surface area contributed by atoms with Gasteiger partial charge in [0.15, 0.2) is 0 Å². The molecule has 2 rings (SSSR count). The fourth-order valence-corrected chi connectivity index (χ4v) is 1.43. The Kier molecular flexibility index (Phi) is 3.20. The zero-order valence-corrected chi connectivity index (χ0v) is 10.9. The zero-order chi connectivity index (χ0) is 14.0. The van der Waals surface area contributed by atoms with Crippen LogP contribution in [-0.4, -0.2) is 36.7 Å². The summed E-state index contributed by atoms with van der Waals surface area (Å²) in [5.41, 5.74) is -0.647. The zero-order valence-electron chi connectivity index (χ0n) is 10.9. The number of esters is 1. The van der Waals surface area contributed by atoms with Crippen LogP contribution in [0.4, 0.5) is 4.79 Å². The first-order valence-corrected chi connectivity index (χ1v) is 5.68. The number of nitrogens with zero attached hydrogens (tertiary/aromatic N) is 4. The Bertz CT molecular complexity index is 593. The third-order valence-electron chi connectivity index (χ3n) is 2.15. The molecule has 2 aromatic heterocycles. The molecule has 7 nitrogen and oxygen atoms in total. The highest BCUT2D eigenvalue weighted by Gasteiger charge is 2.24. The van der Waals surface area contributed by atoms with Crippen molar-refractivity contribution in [3.63, 3.8) is 0 Å². The van der Waals surface area contributed by atoms with E-state index in [4.69, 9.17) is 4.74 Å². The predicted octanol–water partition coefficient (Wildman–Crippen LogP) is 1.55. The molecule has 0 bridgehead atoms. The van der Waals surface area contributed by atoms with Crippen LogP contribution in [0.15, 0.2) is 31.1 Å². The summed E-state index contributed by atoms with van der Waals surface area (Å²) in [5.74, 6) is -0.709. The van der Waals surface area contributed by atoms with E-state index in [1.54, 1.807) is 20.8 Å². The van der Waals surface area contributed by atoms with Crippen molar-refractivity contribution in [1.82, 2.24) is 19.1 Å². The van der Waals surface area contributed by atoms with E-state index in [9.17, 15) is 9.59 Å². The van der Waals surface area contributed by atoms with Crippen LogP contribution in [-0.2, 0) is 4.74 Å². The second-order valence-corrected chi connectivity index (χ2v) is 4.88. The third-order valence-corrected chi connectivity index (χ3v) is 2.15. The molecule has 7 heteroatoms. The van der Waals surface area contributed by atoms with Crippen LogP contribution >= 0.6 is 0 Å². The SMILES string of the molecule is CC(C)(C)OC(=O)c1nccn1C(=O)n1ccnc1. The molecule has 19 heavy (non-hydrogen) atoms. The molecule has 0 unspecified atom stereocenters. The minimum atomic E-state index is -0.647.